The number of non-ortho nitro benzene ring substituents is 1. The summed E-state index contributed by atoms with van der Waals surface area (Å²) in [7, 11) is 0. The van der Waals surface area contributed by atoms with Crippen LogP contribution >= 0.6 is 15.9 Å². The Balaban J connectivity index is 2.29. The highest BCUT2D eigenvalue weighted by molar-refractivity contribution is 9.09. The van der Waals surface area contributed by atoms with Gasteiger partial charge < -0.3 is 4.90 Å². The van der Waals surface area contributed by atoms with Gasteiger partial charge in [0, 0.05) is 36.1 Å². The van der Waals surface area contributed by atoms with Crippen molar-refractivity contribution in [3.8, 4) is 0 Å². The summed E-state index contributed by atoms with van der Waals surface area (Å²) in [5.74, 6) is 0.392. The molecule has 6 heteroatoms. The van der Waals surface area contributed by atoms with E-state index in [1.165, 1.54) is 12.1 Å². The van der Waals surface area contributed by atoms with Gasteiger partial charge in [0.05, 0.1) is 4.92 Å². The first kappa shape index (κ1) is 13.0. The third-order valence-corrected chi connectivity index (χ3v) is 4.02. The maximum absolute atomic E-state index is 11.9. The number of nitro groups is 1. The van der Waals surface area contributed by atoms with E-state index in [4.69, 9.17) is 0 Å². The molecule has 1 aromatic rings. The molecule has 0 spiro atoms. The molecule has 0 N–H and O–H groups in total. The van der Waals surface area contributed by atoms with Crippen molar-refractivity contribution in [2.45, 2.75) is 13.3 Å². The minimum Gasteiger partial charge on any atom is -0.312 e. The van der Waals surface area contributed by atoms with Crippen molar-refractivity contribution in [2.24, 2.45) is 5.92 Å². The molecule has 1 aliphatic heterocycles. The van der Waals surface area contributed by atoms with E-state index in [1.807, 2.05) is 0 Å². The molecule has 5 nitrogen and oxygen atoms in total. The summed E-state index contributed by atoms with van der Waals surface area (Å²) in [5, 5.41) is 11.5. The van der Waals surface area contributed by atoms with Crippen LogP contribution in [0.15, 0.2) is 18.2 Å². The lowest BCUT2D eigenvalue weighted by molar-refractivity contribution is -0.384. The summed E-state index contributed by atoms with van der Waals surface area (Å²) in [4.78, 5) is 23.8. The predicted octanol–water partition coefficient (Wildman–Crippen LogP) is 2.65. The third kappa shape index (κ3) is 2.38. The van der Waals surface area contributed by atoms with Crippen LogP contribution in [0.3, 0.4) is 0 Å². The first-order chi connectivity index (χ1) is 8.52. The van der Waals surface area contributed by atoms with Crippen molar-refractivity contribution in [1.29, 1.82) is 0 Å². The van der Waals surface area contributed by atoms with Gasteiger partial charge in [-0.1, -0.05) is 15.9 Å². The smallest absolute Gasteiger partial charge is 0.269 e. The Hall–Kier alpha value is -1.43. The highest BCUT2D eigenvalue weighted by atomic mass is 79.9. The molecule has 2 rings (SSSR count). The fourth-order valence-electron chi connectivity index (χ4n) is 2.17. The summed E-state index contributed by atoms with van der Waals surface area (Å²) in [6.45, 7) is 2.46. The van der Waals surface area contributed by atoms with Crippen molar-refractivity contribution >= 4 is 33.2 Å². The average Bonchev–Trinajstić information content (AvgIpc) is 2.70. The van der Waals surface area contributed by atoms with Crippen molar-refractivity contribution in [3.05, 3.63) is 33.9 Å². The lowest BCUT2D eigenvalue weighted by Gasteiger charge is -2.18. The second-order valence-electron chi connectivity index (χ2n) is 4.46. The zero-order valence-electron chi connectivity index (χ0n) is 9.93. The van der Waals surface area contributed by atoms with Crippen LogP contribution < -0.4 is 4.90 Å². The van der Waals surface area contributed by atoms with E-state index >= 15 is 0 Å². The largest absolute Gasteiger partial charge is 0.312 e. The van der Waals surface area contributed by atoms with Crippen LogP contribution in [0.4, 0.5) is 11.4 Å². The number of amides is 1. The predicted molar refractivity (Wildman–Crippen MR) is 72.1 cm³/mol. The second kappa shape index (κ2) is 5.06. The molecule has 0 aliphatic carbocycles. The van der Waals surface area contributed by atoms with Crippen LogP contribution in [0.25, 0.3) is 0 Å². The van der Waals surface area contributed by atoms with E-state index < -0.39 is 4.92 Å². The number of carbonyl (C=O) groups excluding carboxylic acids is 1. The minimum absolute atomic E-state index is 0.0555. The summed E-state index contributed by atoms with van der Waals surface area (Å²) >= 11 is 3.38. The van der Waals surface area contributed by atoms with Crippen LogP contribution in [-0.2, 0) is 4.79 Å². The number of nitro benzene ring substituents is 1. The summed E-state index contributed by atoms with van der Waals surface area (Å²) in [6.07, 6.45) is 0.529. The molecule has 1 aromatic carbocycles. The van der Waals surface area contributed by atoms with Crippen molar-refractivity contribution in [3.63, 3.8) is 0 Å². The molecular formula is C12H13BrN2O3. The lowest BCUT2D eigenvalue weighted by Crippen LogP contribution is -2.25. The second-order valence-corrected chi connectivity index (χ2v) is 5.10. The first-order valence-corrected chi connectivity index (χ1v) is 6.76. The van der Waals surface area contributed by atoms with Crippen molar-refractivity contribution in [2.75, 3.05) is 16.8 Å². The number of alkyl halides is 1. The van der Waals surface area contributed by atoms with Gasteiger partial charge in [0.1, 0.15) is 0 Å². The van der Waals surface area contributed by atoms with Crippen LogP contribution in [0.2, 0.25) is 0 Å². The van der Waals surface area contributed by atoms with Gasteiger partial charge in [-0.2, -0.15) is 0 Å². The van der Waals surface area contributed by atoms with Gasteiger partial charge in [0.15, 0.2) is 0 Å². The van der Waals surface area contributed by atoms with Gasteiger partial charge in [-0.15, -0.1) is 0 Å². The number of aryl methyl sites for hydroxylation is 1. The van der Waals surface area contributed by atoms with E-state index in [9.17, 15) is 14.9 Å². The van der Waals surface area contributed by atoms with Gasteiger partial charge in [0.25, 0.3) is 5.69 Å². The molecule has 1 atom stereocenters. The SMILES string of the molecule is Cc1cc([N+](=O)[O-])ccc1N1CC(CBr)CC1=O. The molecule has 1 aliphatic rings. The number of anilines is 1. The number of halogens is 1. The Kier molecular flexibility index (Phi) is 3.65. The highest BCUT2D eigenvalue weighted by Gasteiger charge is 2.30. The van der Waals surface area contributed by atoms with E-state index in [2.05, 4.69) is 15.9 Å². The molecule has 0 bridgehead atoms. The fourth-order valence-corrected chi connectivity index (χ4v) is 2.61. The molecule has 1 unspecified atom stereocenters. The van der Waals surface area contributed by atoms with Crippen LogP contribution in [0, 0.1) is 23.0 Å². The standard InChI is InChI=1S/C12H13BrN2O3/c1-8-4-10(15(17)18)2-3-11(8)14-7-9(6-13)5-12(14)16/h2-4,9H,5-7H2,1H3. The third-order valence-electron chi connectivity index (χ3n) is 3.11. The van der Waals surface area contributed by atoms with E-state index in [0.717, 1.165) is 16.6 Å². The van der Waals surface area contributed by atoms with Gasteiger partial charge in [-0.25, -0.2) is 0 Å². The van der Waals surface area contributed by atoms with E-state index in [-0.39, 0.29) is 11.6 Å². The highest BCUT2D eigenvalue weighted by Crippen LogP contribution is 2.30. The van der Waals surface area contributed by atoms with Gasteiger partial charge >= 0.3 is 0 Å². The number of hydrogen-bond acceptors (Lipinski definition) is 3. The van der Waals surface area contributed by atoms with Crippen LogP contribution in [0.1, 0.15) is 12.0 Å². The lowest BCUT2D eigenvalue weighted by atomic mass is 10.1. The zero-order valence-corrected chi connectivity index (χ0v) is 11.5. The molecule has 0 saturated carbocycles. The first-order valence-electron chi connectivity index (χ1n) is 5.64. The topological polar surface area (TPSA) is 63.5 Å². The van der Waals surface area contributed by atoms with Crippen molar-refractivity contribution < 1.29 is 9.72 Å². The van der Waals surface area contributed by atoms with E-state index in [1.54, 1.807) is 17.9 Å². The van der Waals surface area contributed by atoms with E-state index in [0.29, 0.717) is 18.9 Å². The van der Waals surface area contributed by atoms with Gasteiger partial charge in [-0.05, 0) is 24.5 Å². The number of nitrogens with zero attached hydrogens (tertiary/aromatic N) is 2. The quantitative estimate of drug-likeness (QED) is 0.489. The Labute approximate surface area is 113 Å². The van der Waals surface area contributed by atoms with Gasteiger partial charge in [0.2, 0.25) is 5.91 Å². The van der Waals surface area contributed by atoms with Crippen LogP contribution in [0.5, 0.6) is 0 Å². The maximum atomic E-state index is 11.9. The molecule has 1 fully saturated rings. The Morgan fingerprint density at radius 3 is 2.78 bits per heavy atom. The number of benzene rings is 1. The Morgan fingerprint density at radius 2 is 2.28 bits per heavy atom. The minimum atomic E-state index is -0.427. The number of rotatable bonds is 3. The Bertz CT molecular complexity index is 504. The summed E-state index contributed by atoms with van der Waals surface area (Å²) in [6, 6.07) is 4.60. The monoisotopic (exact) mass is 312 g/mol. The number of carbonyl (C=O) groups is 1. The van der Waals surface area contributed by atoms with Crippen molar-refractivity contribution in [1.82, 2.24) is 0 Å². The molecule has 96 valence electrons. The molecule has 18 heavy (non-hydrogen) atoms. The maximum Gasteiger partial charge on any atom is 0.269 e. The molecule has 0 aromatic heterocycles. The van der Waals surface area contributed by atoms with Gasteiger partial charge in [-0.3, -0.25) is 14.9 Å². The summed E-state index contributed by atoms with van der Waals surface area (Å²) in [5.41, 5.74) is 1.58. The zero-order chi connectivity index (χ0) is 13.3. The molecular weight excluding hydrogens is 300 g/mol. The molecule has 1 amide bonds. The normalized spacial score (nSPS) is 19.3. The number of hydrogen-bond donors (Lipinski definition) is 0. The Morgan fingerprint density at radius 1 is 1.56 bits per heavy atom. The molecule has 1 saturated heterocycles. The average molecular weight is 313 g/mol. The van der Waals surface area contributed by atoms with Crippen LogP contribution in [-0.4, -0.2) is 22.7 Å². The fraction of sp³-hybridized carbons (Fsp3) is 0.417. The molecule has 1 heterocycles. The molecule has 0 radical (unpaired) electrons. The summed E-state index contributed by atoms with van der Waals surface area (Å²) < 4.78 is 0.